The van der Waals surface area contributed by atoms with Gasteiger partial charge in [-0.3, -0.25) is 19.8 Å². The molecule has 0 radical (unpaired) electrons. The minimum Gasteiger partial charge on any atom is -0.490 e. The molecule has 2 heterocycles. The van der Waals surface area contributed by atoms with E-state index < -0.39 is 16.7 Å². The van der Waals surface area contributed by atoms with Crippen LogP contribution in [0, 0.1) is 10.1 Å². The molecule has 0 aromatic heterocycles. The maximum atomic E-state index is 13.2. The van der Waals surface area contributed by atoms with E-state index in [2.05, 4.69) is 4.90 Å². The second kappa shape index (κ2) is 14.1. The number of nitro groups is 1. The first-order chi connectivity index (χ1) is 19.0. The van der Waals surface area contributed by atoms with E-state index in [1.165, 1.54) is 18.2 Å². The number of hydrogen-bond donors (Lipinski definition) is 0. The lowest BCUT2D eigenvalue weighted by atomic mass is 10.1. The van der Waals surface area contributed by atoms with Gasteiger partial charge < -0.3 is 19.3 Å². The number of nitrogens with zero attached hydrogens (tertiary/aromatic N) is 4. The smallest absolute Gasteiger partial charge is 0.417 e. The Labute approximate surface area is 242 Å². The van der Waals surface area contributed by atoms with Crippen LogP contribution in [0.3, 0.4) is 0 Å². The minimum atomic E-state index is -4.51. The van der Waals surface area contributed by atoms with Gasteiger partial charge in [0.15, 0.2) is 0 Å². The fourth-order valence-electron chi connectivity index (χ4n) is 4.97. The molecule has 0 unspecified atom stereocenters. The van der Waals surface area contributed by atoms with Crippen LogP contribution in [0.4, 0.5) is 24.5 Å². The second-order valence-corrected chi connectivity index (χ2v) is 10.2. The maximum Gasteiger partial charge on any atom is 0.417 e. The molecule has 1 amide bonds. The van der Waals surface area contributed by atoms with Crippen molar-refractivity contribution in [2.24, 2.45) is 0 Å². The Morgan fingerprint density at radius 1 is 1.07 bits per heavy atom. The molecule has 2 saturated heterocycles. The summed E-state index contributed by atoms with van der Waals surface area (Å²) in [5.74, 6) is 0.714. The Kier molecular flexibility index (Phi) is 11.1. The number of ether oxygens (including phenoxy) is 2. The van der Waals surface area contributed by atoms with Crippen LogP contribution in [0.1, 0.15) is 39.2 Å². The van der Waals surface area contributed by atoms with Gasteiger partial charge in [0.25, 0.3) is 0 Å². The summed E-state index contributed by atoms with van der Waals surface area (Å²) in [4.78, 5) is 29.4. The average molecular weight is 601 g/mol. The SMILES string of the molecule is C.CCOc1cc(OC2CCN(C(=O)CCN3CCN(c4ccc(Cl)c(C(F)(F)F)c4)CC3)CC2)ccc1[N+](=O)[O-]. The Balaban J connectivity index is 0.00000462. The number of hydrogen-bond acceptors (Lipinski definition) is 7. The van der Waals surface area contributed by atoms with Crippen LogP contribution in [-0.2, 0) is 11.0 Å². The van der Waals surface area contributed by atoms with Crippen molar-refractivity contribution >= 4 is 28.9 Å². The number of nitro benzene ring substituents is 1. The normalized spacial score (nSPS) is 16.7. The zero-order valence-electron chi connectivity index (χ0n) is 22.2. The molecule has 2 aliphatic heterocycles. The quantitative estimate of drug-likeness (QED) is 0.262. The molecule has 0 bridgehead atoms. The van der Waals surface area contributed by atoms with Crippen LogP contribution < -0.4 is 14.4 Å². The van der Waals surface area contributed by atoms with Gasteiger partial charge in [-0.2, -0.15) is 13.2 Å². The Morgan fingerprint density at radius 2 is 1.76 bits per heavy atom. The monoisotopic (exact) mass is 600 g/mol. The molecule has 13 heteroatoms. The number of carbonyl (C=O) groups is 1. The molecule has 0 atom stereocenters. The molecule has 9 nitrogen and oxygen atoms in total. The highest BCUT2D eigenvalue weighted by atomic mass is 35.5. The first-order valence-corrected chi connectivity index (χ1v) is 13.6. The van der Waals surface area contributed by atoms with E-state index in [0.29, 0.717) is 83.1 Å². The molecule has 2 fully saturated rings. The molecule has 2 aromatic rings. The van der Waals surface area contributed by atoms with Crippen LogP contribution in [-0.4, -0.2) is 79.2 Å². The van der Waals surface area contributed by atoms with Crippen molar-refractivity contribution in [1.29, 1.82) is 0 Å². The molecule has 0 aliphatic carbocycles. The van der Waals surface area contributed by atoms with Crippen molar-refractivity contribution < 1.29 is 32.4 Å². The summed E-state index contributed by atoms with van der Waals surface area (Å²) < 4.78 is 51.0. The fraction of sp³-hybridized carbons (Fsp3) is 0.536. The molecule has 0 spiro atoms. The first-order valence-electron chi connectivity index (χ1n) is 13.2. The summed E-state index contributed by atoms with van der Waals surface area (Å²) in [7, 11) is 0. The summed E-state index contributed by atoms with van der Waals surface area (Å²) in [6.07, 6.45) is -2.96. The van der Waals surface area contributed by atoms with Gasteiger partial charge in [0, 0.05) is 82.9 Å². The predicted molar refractivity (Wildman–Crippen MR) is 151 cm³/mol. The number of halogens is 4. The number of amides is 1. The van der Waals surface area contributed by atoms with Gasteiger partial charge >= 0.3 is 11.9 Å². The summed E-state index contributed by atoms with van der Waals surface area (Å²) in [6, 6.07) is 8.43. The first kappa shape index (κ1) is 32.3. The summed E-state index contributed by atoms with van der Waals surface area (Å²) in [5, 5.41) is 10.9. The van der Waals surface area contributed by atoms with Crippen LogP contribution in [0.25, 0.3) is 0 Å². The van der Waals surface area contributed by atoms with Gasteiger partial charge in [-0.1, -0.05) is 19.0 Å². The van der Waals surface area contributed by atoms with Crippen molar-refractivity contribution in [2.45, 2.75) is 45.9 Å². The summed E-state index contributed by atoms with van der Waals surface area (Å²) in [6.45, 7) is 6.15. The number of likely N-dealkylation sites (tertiary alicyclic amines) is 1. The van der Waals surface area contributed by atoms with Crippen LogP contribution in [0.5, 0.6) is 11.5 Å². The molecule has 2 aliphatic rings. The lowest BCUT2D eigenvalue weighted by molar-refractivity contribution is -0.385. The van der Waals surface area contributed by atoms with Crippen molar-refractivity contribution in [1.82, 2.24) is 9.80 Å². The third kappa shape index (κ3) is 8.38. The van der Waals surface area contributed by atoms with Gasteiger partial charge in [0.1, 0.15) is 11.9 Å². The zero-order chi connectivity index (χ0) is 28.9. The lowest BCUT2D eigenvalue weighted by Gasteiger charge is -2.37. The Bertz CT molecular complexity index is 1200. The van der Waals surface area contributed by atoms with E-state index in [1.54, 1.807) is 19.1 Å². The van der Waals surface area contributed by atoms with Crippen molar-refractivity contribution in [3.8, 4) is 11.5 Å². The molecule has 41 heavy (non-hydrogen) atoms. The van der Waals surface area contributed by atoms with Crippen LogP contribution >= 0.6 is 11.6 Å². The predicted octanol–water partition coefficient (Wildman–Crippen LogP) is 5.88. The zero-order valence-corrected chi connectivity index (χ0v) is 22.9. The lowest BCUT2D eigenvalue weighted by Crippen LogP contribution is -2.48. The molecular weight excluding hydrogens is 565 g/mol. The van der Waals surface area contributed by atoms with Gasteiger partial charge in [0.2, 0.25) is 11.7 Å². The largest absolute Gasteiger partial charge is 0.490 e. The minimum absolute atomic E-state index is 0. The van der Waals surface area contributed by atoms with E-state index in [4.69, 9.17) is 21.1 Å². The third-order valence-corrected chi connectivity index (χ3v) is 7.49. The number of rotatable bonds is 9. The van der Waals surface area contributed by atoms with Gasteiger partial charge in [-0.25, -0.2) is 0 Å². The van der Waals surface area contributed by atoms with Gasteiger partial charge in [-0.15, -0.1) is 0 Å². The number of anilines is 1. The van der Waals surface area contributed by atoms with E-state index >= 15 is 0 Å². The van der Waals surface area contributed by atoms with Crippen LogP contribution in [0.2, 0.25) is 5.02 Å². The molecule has 0 N–H and O–H groups in total. The molecule has 226 valence electrons. The van der Waals surface area contributed by atoms with Crippen molar-refractivity contribution in [3.63, 3.8) is 0 Å². The van der Waals surface area contributed by atoms with E-state index in [-0.39, 0.29) is 35.9 Å². The van der Waals surface area contributed by atoms with Crippen molar-refractivity contribution in [3.05, 3.63) is 57.1 Å². The number of piperazine rings is 1. The summed E-state index contributed by atoms with van der Waals surface area (Å²) >= 11 is 5.74. The maximum absolute atomic E-state index is 13.2. The third-order valence-electron chi connectivity index (χ3n) is 7.16. The Hall–Kier alpha value is -3.25. The number of carbonyl (C=O) groups excluding carboxylic acids is 1. The Morgan fingerprint density at radius 3 is 2.37 bits per heavy atom. The number of piperidine rings is 1. The molecule has 2 aromatic carbocycles. The van der Waals surface area contributed by atoms with Gasteiger partial charge in [-0.05, 0) is 31.2 Å². The fourth-order valence-corrected chi connectivity index (χ4v) is 5.20. The topological polar surface area (TPSA) is 88.4 Å². The van der Waals surface area contributed by atoms with E-state index in [1.807, 2.05) is 9.80 Å². The number of benzene rings is 2. The second-order valence-electron chi connectivity index (χ2n) is 9.76. The van der Waals surface area contributed by atoms with Crippen LogP contribution in [0.15, 0.2) is 36.4 Å². The average Bonchev–Trinajstić information content (AvgIpc) is 2.92. The highest BCUT2D eigenvalue weighted by Crippen LogP contribution is 2.37. The standard InChI is InChI=1S/C27H32ClF3N4O5.CH4/c1-2-39-25-18-21(4-6-24(25)35(37)38)40-20-7-11-34(12-8-20)26(36)9-10-32-13-15-33(16-14-32)19-3-5-23(28)22(17-19)27(29,30)31;/h3-6,17-18,20H,2,7-16H2,1H3;1H4. The molecular formula is C28H36ClF3N4O5. The van der Waals surface area contributed by atoms with E-state index in [9.17, 15) is 28.1 Å². The molecule has 4 rings (SSSR count). The number of alkyl halides is 3. The van der Waals surface area contributed by atoms with E-state index in [0.717, 1.165) is 6.07 Å². The highest BCUT2D eigenvalue weighted by molar-refractivity contribution is 6.31. The van der Waals surface area contributed by atoms with Gasteiger partial charge in [0.05, 0.1) is 22.1 Å². The summed E-state index contributed by atoms with van der Waals surface area (Å²) in [5.41, 5.74) is -0.464. The highest BCUT2D eigenvalue weighted by Gasteiger charge is 2.34. The molecule has 0 saturated carbocycles. The van der Waals surface area contributed by atoms with Crippen molar-refractivity contribution in [2.75, 3.05) is 57.3 Å².